The standard InChI is InChI=1S/C10H15NO3.C2H4O2/c1-3-4-5-13-6-7-14-10(12)9(2)8-11;1-2(3)4/h2-7H2,1H3;1H3,(H,3,4). The molecule has 0 amide bonds. The smallest absolute Gasteiger partial charge is 0.348 e. The molecule has 6 nitrogen and oxygen atoms in total. The van der Waals surface area contributed by atoms with Crippen molar-refractivity contribution in [1.82, 2.24) is 0 Å². The molecule has 0 heterocycles. The van der Waals surface area contributed by atoms with Crippen LogP contribution in [-0.4, -0.2) is 36.9 Å². The van der Waals surface area contributed by atoms with Gasteiger partial charge in [-0.3, -0.25) is 4.79 Å². The number of unbranched alkanes of at least 4 members (excludes halogenated alkanes) is 1. The molecule has 0 aromatic heterocycles. The highest BCUT2D eigenvalue weighted by atomic mass is 16.6. The summed E-state index contributed by atoms with van der Waals surface area (Å²) in [6.07, 6.45) is 2.07. The maximum Gasteiger partial charge on any atom is 0.348 e. The highest BCUT2D eigenvalue weighted by Crippen LogP contribution is 1.92. The lowest BCUT2D eigenvalue weighted by Crippen LogP contribution is -2.11. The Morgan fingerprint density at radius 2 is 1.89 bits per heavy atom. The van der Waals surface area contributed by atoms with E-state index in [2.05, 4.69) is 18.2 Å². The lowest BCUT2D eigenvalue weighted by atomic mass is 10.3. The van der Waals surface area contributed by atoms with Gasteiger partial charge in [-0.05, 0) is 6.42 Å². The number of ether oxygens (including phenoxy) is 2. The first-order valence-electron chi connectivity index (χ1n) is 5.49. The monoisotopic (exact) mass is 257 g/mol. The summed E-state index contributed by atoms with van der Waals surface area (Å²) in [5.74, 6) is -1.51. The molecule has 18 heavy (non-hydrogen) atoms. The number of rotatable bonds is 7. The fourth-order valence-electron chi connectivity index (χ4n) is 0.675. The molecule has 0 bridgehead atoms. The maximum absolute atomic E-state index is 10.9. The molecule has 0 saturated carbocycles. The van der Waals surface area contributed by atoms with E-state index in [9.17, 15) is 4.79 Å². The first-order chi connectivity index (χ1) is 8.45. The Morgan fingerprint density at radius 1 is 1.33 bits per heavy atom. The number of nitrogens with zero attached hydrogens (tertiary/aromatic N) is 1. The summed E-state index contributed by atoms with van der Waals surface area (Å²) in [4.78, 5) is 19.9. The van der Waals surface area contributed by atoms with Crippen molar-refractivity contribution < 1.29 is 24.2 Å². The van der Waals surface area contributed by atoms with Gasteiger partial charge in [0.25, 0.3) is 5.97 Å². The zero-order valence-electron chi connectivity index (χ0n) is 10.8. The second kappa shape index (κ2) is 13.2. The Morgan fingerprint density at radius 3 is 2.33 bits per heavy atom. The van der Waals surface area contributed by atoms with Crippen molar-refractivity contribution in [1.29, 1.82) is 5.26 Å². The molecule has 0 spiro atoms. The third kappa shape index (κ3) is 16.6. The molecule has 0 aliphatic heterocycles. The van der Waals surface area contributed by atoms with Gasteiger partial charge < -0.3 is 14.6 Å². The normalized spacial score (nSPS) is 8.50. The molecular weight excluding hydrogens is 238 g/mol. The van der Waals surface area contributed by atoms with Crippen molar-refractivity contribution in [3.8, 4) is 6.07 Å². The minimum atomic E-state index is -0.833. The van der Waals surface area contributed by atoms with Gasteiger partial charge in [-0.1, -0.05) is 19.9 Å². The molecule has 0 aromatic carbocycles. The Labute approximate surface area is 107 Å². The van der Waals surface area contributed by atoms with Crippen LogP contribution in [0.15, 0.2) is 12.2 Å². The largest absolute Gasteiger partial charge is 0.481 e. The number of aliphatic carboxylic acids is 1. The van der Waals surface area contributed by atoms with E-state index in [1.807, 2.05) is 0 Å². The fourth-order valence-corrected chi connectivity index (χ4v) is 0.675. The highest BCUT2D eigenvalue weighted by Gasteiger charge is 2.06. The molecule has 102 valence electrons. The number of carbonyl (C=O) groups is 2. The third-order valence-electron chi connectivity index (χ3n) is 1.48. The van der Waals surface area contributed by atoms with Gasteiger partial charge >= 0.3 is 5.97 Å². The summed E-state index contributed by atoms with van der Waals surface area (Å²) in [6, 6.07) is 1.62. The summed E-state index contributed by atoms with van der Waals surface area (Å²) in [6.45, 7) is 7.59. The van der Waals surface area contributed by atoms with Gasteiger partial charge in [-0.2, -0.15) is 5.26 Å². The molecule has 0 aromatic rings. The number of carbonyl (C=O) groups excluding carboxylic acids is 1. The molecule has 6 heteroatoms. The Balaban J connectivity index is 0. The van der Waals surface area contributed by atoms with Crippen molar-refractivity contribution in [2.45, 2.75) is 26.7 Å². The minimum Gasteiger partial charge on any atom is -0.481 e. The maximum atomic E-state index is 10.9. The van der Waals surface area contributed by atoms with E-state index in [0.29, 0.717) is 13.2 Å². The van der Waals surface area contributed by atoms with Gasteiger partial charge in [0.1, 0.15) is 18.2 Å². The summed E-state index contributed by atoms with van der Waals surface area (Å²) in [7, 11) is 0. The van der Waals surface area contributed by atoms with Crippen molar-refractivity contribution in [2.75, 3.05) is 19.8 Å². The van der Waals surface area contributed by atoms with Crippen LogP contribution in [0.4, 0.5) is 0 Å². The van der Waals surface area contributed by atoms with Crippen LogP contribution in [-0.2, 0) is 19.1 Å². The lowest BCUT2D eigenvalue weighted by Gasteiger charge is -2.04. The van der Waals surface area contributed by atoms with Gasteiger partial charge in [-0.15, -0.1) is 0 Å². The Bertz CT molecular complexity index is 302. The van der Waals surface area contributed by atoms with Crippen LogP contribution >= 0.6 is 0 Å². The van der Waals surface area contributed by atoms with E-state index in [0.717, 1.165) is 19.8 Å². The lowest BCUT2D eigenvalue weighted by molar-refractivity contribution is -0.140. The third-order valence-corrected chi connectivity index (χ3v) is 1.48. The topological polar surface area (TPSA) is 96.6 Å². The average Bonchev–Trinajstić information content (AvgIpc) is 2.31. The number of hydrogen-bond acceptors (Lipinski definition) is 5. The summed E-state index contributed by atoms with van der Waals surface area (Å²) >= 11 is 0. The molecule has 0 rings (SSSR count). The number of carboxylic acid groups (broad SMARTS) is 1. The molecule has 0 atom stereocenters. The number of hydrogen-bond donors (Lipinski definition) is 1. The van der Waals surface area contributed by atoms with Crippen LogP contribution in [0.1, 0.15) is 26.7 Å². The van der Waals surface area contributed by atoms with Crippen molar-refractivity contribution in [3.05, 3.63) is 12.2 Å². The van der Waals surface area contributed by atoms with Crippen LogP contribution in [0.25, 0.3) is 0 Å². The van der Waals surface area contributed by atoms with E-state index < -0.39 is 11.9 Å². The van der Waals surface area contributed by atoms with E-state index in [-0.39, 0.29) is 12.2 Å². The molecular formula is C12H19NO5. The molecule has 0 fully saturated rings. The van der Waals surface area contributed by atoms with Gasteiger partial charge in [0.2, 0.25) is 0 Å². The number of carboxylic acids is 1. The Hall–Kier alpha value is -1.87. The van der Waals surface area contributed by atoms with E-state index >= 15 is 0 Å². The zero-order valence-corrected chi connectivity index (χ0v) is 10.8. The predicted octanol–water partition coefficient (Wildman–Crippen LogP) is 1.52. The van der Waals surface area contributed by atoms with Crippen LogP contribution < -0.4 is 0 Å². The van der Waals surface area contributed by atoms with Crippen LogP contribution in [0.5, 0.6) is 0 Å². The van der Waals surface area contributed by atoms with Crippen LogP contribution in [0.3, 0.4) is 0 Å². The Kier molecular flexibility index (Phi) is 13.6. The van der Waals surface area contributed by atoms with Crippen molar-refractivity contribution >= 4 is 11.9 Å². The first-order valence-corrected chi connectivity index (χ1v) is 5.49. The molecule has 0 unspecified atom stereocenters. The SMILES string of the molecule is C=C(C#N)C(=O)OCCOCCCC.CC(=O)O. The van der Waals surface area contributed by atoms with E-state index in [1.165, 1.54) is 0 Å². The number of esters is 1. The highest BCUT2D eigenvalue weighted by molar-refractivity contribution is 5.91. The summed E-state index contributed by atoms with van der Waals surface area (Å²) in [5.41, 5.74) is -0.182. The second-order valence-electron chi connectivity index (χ2n) is 3.21. The van der Waals surface area contributed by atoms with Crippen molar-refractivity contribution in [3.63, 3.8) is 0 Å². The quantitative estimate of drug-likeness (QED) is 0.321. The molecule has 0 aliphatic carbocycles. The zero-order chi connectivity index (χ0) is 14.4. The second-order valence-corrected chi connectivity index (χ2v) is 3.21. The number of nitriles is 1. The first kappa shape index (κ1) is 18.5. The average molecular weight is 257 g/mol. The fraction of sp³-hybridized carbons (Fsp3) is 0.583. The van der Waals surface area contributed by atoms with Gasteiger partial charge in [0.15, 0.2) is 0 Å². The van der Waals surface area contributed by atoms with Crippen molar-refractivity contribution in [2.24, 2.45) is 0 Å². The summed E-state index contributed by atoms with van der Waals surface area (Å²) in [5, 5.41) is 15.7. The van der Waals surface area contributed by atoms with Gasteiger partial charge in [0, 0.05) is 13.5 Å². The van der Waals surface area contributed by atoms with Gasteiger partial charge in [-0.25, -0.2) is 4.79 Å². The van der Waals surface area contributed by atoms with E-state index in [4.69, 9.17) is 19.9 Å². The summed E-state index contributed by atoms with van der Waals surface area (Å²) < 4.78 is 9.84. The molecule has 1 N–H and O–H groups in total. The van der Waals surface area contributed by atoms with Crippen LogP contribution in [0, 0.1) is 11.3 Å². The molecule has 0 radical (unpaired) electrons. The molecule has 0 aliphatic rings. The van der Waals surface area contributed by atoms with E-state index in [1.54, 1.807) is 6.07 Å². The van der Waals surface area contributed by atoms with Gasteiger partial charge in [0.05, 0.1) is 6.61 Å². The predicted molar refractivity (Wildman–Crippen MR) is 64.7 cm³/mol. The van der Waals surface area contributed by atoms with Crippen LogP contribution in [0.2, 0.25) is 0 Å². The minimum absolute atomic E-state index is 0.170. The molecule has 0 saturated heterocycles.